The fraction of sp³-hybridized carbons (Fsp3) is 0.700. The molecule has 0 aliphatic heterocycles. The van der Waals surface area contributed by atoms with Gasteiger partial charge in [-0.15, -0.1) is 0 Å². The average molecular weight is 215 g/mol. The van der Waals surface area contributed by atoms with Crippen LogP contribution in [-0.2, 0) is 19.1 Å². The van der Waals surface area contributed by atoms with Crippen LogP contribution in [0.25, 0.3) is 0 Å². The molecule has 1 atom stereocenters. The Kier molecular flexibility index (Phi) is 4.97. The number of carbonyl (C=O) groups excluding carboxylic acids is 3. The van der Waals surface area contributed by atoms with Crippen LogP contribution < -0.4 is 5.32 Å². The van der Waals surface area contributed by atoms with Gasteiger partial charge in [0, 0.05) is 0 Å². The van der Waals surface area contributed by atoms with E-state index in [0.29, 0.717) is 6.42 Å². The molecule has 0 aliphatic carbocycles. The zero-order valence-corrected chi connectivity index (χ0v) is 9.55. The van der Waals surface area contributed by atoms with Crippen molar-refractivity contribution in [1.29, 1.82) is 0 Å². The predicted octanol–water partition coefficient (Wildman–Crippen LogP) is 0.423. The van der Waals surface area contributed by atoms with Gasteiger partial charge in [0.05, 0.1) is 13.5 Å². The van der Waals surface area contributed by atoms with Crippen molar-refractivity contribution >= 4 is 17.7 Å². The molecule has 5 nitrogen and oxygen atoms in total. The van der Waals surface area contributed by atoms with Gasteiger partial charge in [-0.3, -0.25) is 9.59 Å². The van der Waals surface area contributed by atoms with Gasteiger partial charge in [-0.2, -0.15) is 0 Å². The summed E-state index contributed by atoms with van der Waals surface area (Å²) in [5.41, 5.74) is -1.05. The van der Waals surface area contributed by atoms with Gasteiger partial charge in [-0.1, -0.05) is 6.92 Å². The van der Waals surface area contributed by atoms with E-state index in [1.165, 1.54) is 14.0 Å². The summed E-state index contributed by atoms with van der Waals surface area (Å²) in [5, 5.41) is 2.49. The van der Waals surface area contributed by atoms with Crippen LogP contribution in [-0.4, -0.2) is 30.3 Å². The molecule has 0 radical (unpaired) electrons. The lowest BCUT2D eigenvalue weighted by atomic mass is 9.99. The fourth-order valence-corrected chi connectivity index (χ4v) is 1.09. The molecule has 0 fully saturated rings. The SMILES string of the molecule is CCC(C)(NC(=O)CC(C)=O)C(=O)OC. The van der Waals surface area contributed by atoms with Crippen LogP contribution in [0.2, 0.25) is 0 Å². The Bertz CT molecular complexity index is 275. The van der Waals surface area contributed by atoms with E-state index in [4.69, 9.17) is 0 Å². The number of nitrogens with one attached hydrogen (secondary N) is 1. The largest absolute Gasteiger partial charge is 0.467 e. The van der Waals surface area contributed by atoms with Crippen LogP contribution in [0.1, 0.15) is 33.6 Å². The van der Waals surface area contributed by atoms with E-state index in [9.17, 15) is 14.4 Å². The molecule has 1 N–H and O–H groups in total. The Hall–Kier alpha value is -1.39. The molecule has 0 aromatic carbocycles. The molecule has 0 saturated carbocycles. The van der Waals surface area contributed by atoms with Gasteiger partial charge in [0.1, 0.15) is 11.3 Å². The number of Topliss-reactive ketones (excluding diaryl/α,β-unsaturated/α-hetero) is 1. The first kappa shape index (κ1) is 13.6. The van der Waals surface area contributed by atoms with Crippen molar-refractivity contribution in [3.05, 3.63) is 0 Å². The Morgan fingerprint density at radius 3 is 2.20 bits per heavy atom. The molecular formula is C10H17NO4. The molecule has 0 bridgehead atoms. The first-order valence-corrected chi connectivity index (χ1v) is 4.74. The van der Waals surface area contributed by atoms with Crippen LogP contribution in [0.5, 0.6) is 0 Å². The van der Waals surface area contributed by atoms with Crippen molar-refractivity contribution in [1.82, 2.24) is 5.32 Å². The number of esters is 1. The topological polar surface area (TPSA) is 72.5 Å². The minimum atomic E-state index is -1.05. The van der Waals surface area contributed by atoms with Gasteiger partial charge in [0.2, 0.25) is 5.91 Å². The van der Waals surface area contributed by atoms with Crippen LogP contribution in [0, 0.1) is 0 Å². The van der Waals surface area contributed by atoms with E-state index in [0.717, 1.165) is 0 Å². The quantitative estimate of drug-likeness (QED) is 0.533. The van der Waals surface area contributed by atoms with Gasteiger partial charge in [0.15, 0.2) is 0 Å². The molecule has 5 heteroatoms. The third kappa shape index (κ3) is 4.10. The number of ketones is 1. The Labute approximate surface area is 89.2 Å². The summed E-state index contributed by atoms with van der Waals surface area (Å²) >= 11 is 0. The number of amides is 1. The lowest BCUT2D eigenvalue weighted by Crippen LogP contribution is -2.52. The summed E-state index contributed by atoms with van der Waals surface area (Å²) in [6.07, 6.45) is 0.190. The average Bonchev–Trinajstić information content (AvgIpc) is 2.14. The van der Waals surface area contributed by atoms with Crippen molar-refractivity contribution in [2.75, 3.05) is 7.11 Å². The van der Waals surface area contributed by atoms with Gasteiger partial charge in [0.25, 0.3) is 0 Å². The first-order valence-electron chi connectivity index (χ1n) is 4.74. The summed E-state index contributed by atoms with van der Waals surface area (Å²) in [5.74, 6) is -1.21. The molecule has 1 amide bonds. The highest BCUT2D eigenvalue weighted by Crippen LogP contribution is 2.11. The monoisotopic (exact) mass is 215 g/mol. The first-order chi connectivity index (χ1) is 6.85. The van der Waals surface area contributed by atoms with E-state index in [-0.39, 0.29) is 12.2 Å². The summed E-state index contributed by atoms with van der Waals surface area (Å²) in [6, 6.07) is 0. The second-order valence-electron chi connectivity index (χ2n) is 3.60. The highest BCUT2D eigenvalue weighted by molar-refractivity contribution is 5.99. The number of hydrogen-bond acceptors (Lipinski definition) is 4. The maximum Gasteiger partial charge on any atom is 0.331 e. The fourth-order valence-electron chi connectivity index (χ4n) is 1.09. The van der Waals surface area contributed by atoms with Gasteiger partial charge < -0.3 is 10.1 Å². The summed E-state index contributed by atoms with van der Waals surface area (Å²) in [4.78, 5) is 33.4. The molecular weight excluding hydrogens is 198 g/mol. The standard InChI is InChI=1S/C10H17NO4/c1-5-10(3,9(14)15-4)11-8(13)6-7(2)12/h5-6H2,1-4H3,(H,11,13). The normalized spacial score (nSPS) is 13.9. The zero-order valence-electron chi connectivity index (χ0n) is 9.55. The predicted molar refractivity (Wildman–Crippen MR) is 54.2 cm³/mol. The molecule has 0 aliphatic rings. The zero-order chi connectivity index (χ0) is 12.1. The number of hydrogen-bond donors (Lipinski definition) is 1. The van der Waals surface area contributed by atoms with Crippen LogP contribution in [0.15, 0.2) is 0 Å². The number of methoxy groups -OCH3 is 1. The molecule has 0 saturated heterocycles. The van der Waals surface area contributed by atoms with E-state index < -0.39 is 17.4 Å². The number of carbonyl (C=O) groups is 3. The van der Waals surface area contributed by atoms with Crippen molar-refractivity contribution < 1.29 is 19.1 Å². The Balaban J connectivity index is 4.50. The third-order valence-electron chi connectivity index (χ3n) is 2.17. The number of ether oxygens (including phenoxy) is 1. The summed E-state index contributed by atoms with van der Waals surface area (Å²) in [6.45, 7) is 4.64. The van der Waals surface area contributed by atoms with Crippen molar-refractivity contribution in [2.24, 2.45) is 0 Å². The van der Waals surface area contributed by atoms with E-state index in [1.807, 2.05) is 0 Å². The second kappa shape index (κ2) is 5.48. The van der Waals surface area contributed by atoms with Crippen molar-refractivity contribution in [2.45, 2.75) is 39.2 Å². The molecule has 0 aromatic heterocycles. The molecule has 1 unspecified atom stereocenters. The third-order valence-corrected chi connectivity index (χ3v) is 2.17. The maximum atomic E-state index is 11.4. The lowest BCUT2D eigenvalue weighted by Gasteiger charge is -2.26. The molecule has 0 rings (SSSR count). The van der Waals surface area contributed by atoms with Gasteiger partial charge in [-0.05, 0) is 20.3 Å². The van der Waals surface area contributed by atoms with Crippen LogP contribution in [0.3, 0.4) is 0 Å². The number of rotatable bonds is 5. The highest BCUT2D eigenvalue weighted by atomic mass is 16.5. The Morgan fingerprint density at radius 2 is 1.87 bits per heavy atom. The minimum Gasteiger partial charge on any atom is -0.467 e. The highest BCUT2D eigenvalue weighted by Gasteiger charge is 2.34. The van der Waals surface area contributed by atoms with Crippen molar-refractivity contribution in [3.8, 4) is 0 Å². The summed E-state index contributed by atoms with van der Waals surface area (Å²) < 4.78 is 4.57. The van der Waals surface area contributed by atoms with E-state index in [1.54, 1.807) is 13.8 Å². The molecule has 0 spiro atoms. The molecule has 15 heavy (non-hydrogen) atoms. The van der Waals surface area contributed by atoms with E-state index >= 15 is 0 Å². The maximum absolute atomic E-state index is 11.4. The molecule has 0 aromatic rings. The minimum absolute atomic E-state index is 0.216. The molecule has 86 valence electrons. The second-order valence-corrected chi connectivity index (χ2v) is 3.60. The van der Waals surface area contributed by atoms with Crippen molar-refractivity contribution in [3.63, 3.8) is 0 Å². The molecule has 0 heterocycles. The van der Waals surface area contributed by atoms with Gasteiger partial charge in [-0.25, -0.2) is 4.79 Å². The lowest BCUT2D eigenvalue weighted by molar-refractivity contribution is -0.150. The van der Waals surface area contributed by atoms with Crippen LogP contribution in [0.4, 0.5) is 0 Å². The van der Waals surface area contributed by atoms with Crippen LogP contribution >= 0.6 is 0 Å². The smallest absolute Gasteiger partial charge is 0.331 e. The summed E-state index contributed by atoms with van der Waals surface area (Å²) in [7, 11) is 1.26. The van der Waals surface area contributed by atoms with E-state index in [2.05, 4.69) is 10.1 Å². The Morgan fingerprint density at radius 1 is 1.33 bits per heavy atom. The van der Waals surface area contributed by atoms with Gasteiger partial charge >= 0.3 is 5.97 Å².